The van der Waals surface area contributed by atoms with Crippen LogP contribution in [-0.4, -0.2) is 0 Å². The zero-order chi connectivity index (χ0) is 42.0. The van der Waals surface area contributed by atoms with Gasteiger partial charge in [-0.2, -0.15) is 0 Å². The Morgan fingerprint density at radius 1 is 0.316 bits per heavy atom. The summed E-state index contributed by atoms with van der Waals surface area (Å²) in [6.07, 6.45) is 3.46. The third kappa shape index (κ3) is 12.0. The Balaban J connectivity index is 0.000000262. The molecule has 300 valence electrons. The quantitative estimate of drug-likeness (QED) is 0.150. The van der Waals surface area contributed by atoms with Crippen molar-refractivity contribution in [2.45, 2.75) is 109 Å². The average molecular weight is 759 g/mol. The van der Waals surface area contributed by atoms with E-state index in [1.807, 2.05) is 101 Å². The van der Waals surface area contributed by atoms with E-state index in [2.05, 4.69) is 140 Å². The van der Waals surface area contributed by atoms with Crippen molar-refractivity contribution in [3.8, 4) is 39.1 Å². The van der Waals surface area contributed by atoms with Crippen LogP contribution in [0.5, 0.6) is 5.75 Å². The lowest BCUT2D eigenvalue weighted by molar-refractivity contribution is 0.302. The Morgan fingerprint density at radius 3 is 1.28 bits per heavy atom. The van der Waals surface area contributed by atoms with E-state index in [-0.39, 0.29) is 0 Å². The zero-order valence-corrected chi connectivity index (χ0v) is 37.2. The second-order valence-corrected chi connectivity index (χ2v) is 11.9. The maximum atomic E-state index is 5.65. The Bertz CT molecular complexity index is 1970. The van der Waals surface area contributed by atoms with E-state index >= 15 is 0 Å². The molecule has 0 saturated heterocycles. The number of rotatable bonds is 0. The molecule has 1 aliphatic heterocycles. The fraction of sp³-hybridized carbons (Fsp3) is 0.286. The van der Waals surface area contributed by atoms with Gasteiger partial charge in [-0.15, -0.1) is 0 Å². The number of ether oxygens (including phenoxy) is 1. The molecule has 2 aliphatic carbocycles. The fourth-order valence-electron chi connectivity index (χ4n) is 7.06. The molecule has 1 nitrogen and oxygen atoms in total. The fourth-order valence-corrected chi connectivity index (χ4v) is 7.06. The smallest absolute Gasteiger partial charge is 0.127 e. The number of benzene rings is 7. The van der Waals surface area contributed by atoms with Gasteiger partial charge in [0.1, 0.15) is 12.4 Å². The van der Waals surface area contributed by atoms with Gasteiger partial charge in [0, 0.05) is 5.56 Å². The average Bonchev–Trinajstić information content (AvgIpc) is 3.73. The monoisotopic (exact) mass is 759 g/mol. The van der Waals surface area contributed by atoms with Gasteiger partial charge in [-0.25, -0.2) is 0 Å². The first kappa shape index (κ1) is 47.8. The van der Waals surface area contributed by atoms with Gasteiger partial charge < -0.3 is 4.74 Å². The minimum absolute atomic E-state index is 0.688. The molecule has 0 fully saturated rings. The molecular formula is C56H70O. The van der Waals surface area contributed by atoms with E-state index in [1.165, 1.54) is 84.8 Å². The molecule has 1 heterocycles. The minimum atomic E-state index is 0.688. The van der Waals surface area contributed by atoms with Gasteiger partial charge in [0.05, 0.1) is 0 Å². The molecule has 0 unspecified atom stereocenters. The van der Waals surface area contributed by atoms with Crippen LogP contribution < -0.4 is 4.74 Å². The Kier molecular flexibility index (Phi) is 22.8. The lowest BCUT2D eigenvalue weighted by atomic mass is 9.86. The maximum absolute atomic E-state index is 5.65. The van der Waals surface area contributed by atoms with Crippen LogP contribution in [0.15, 0.2) is 158 Å². The first-order chi connectivity index (χ1) is 28.3. The van der Waals surface area contributed by atoms with Gasteiger partial charge in [-0.05, 0) is 91.7 Å². The Hall–Kier alpha value is -5.40. The number of hydrogen-bond acceptors (Lipinski definition) is 1. The van der Waals surface area contributed by atoms with Gasteiger partial charge in [0.15, 0.2) is 0 Å². The summed E-state index contributed by atoms with van der Waals surface area (Å²) in [6.45, 7) is 24.7. The van der Waals surface area contributed by atoms with Crippen molar-refractivity contribution in [1.29, 1.82) is 0 Å². The van der Waals surface area contributed by atoms with Crippen LogP contribution in [0.2, 0.25) is 0 Å². The Morgan fingerprint density at radius 2 is 0.719 bits per heavy atom. The van der Waals surface area contributed by atoms with Crippen molar-refractivity contribution in [3.05, 3.63) is 186 Å². The van der Waals surface area contributed by atoms with Crippen LogP contribution >= 0.6 is 0 Å². The minimum Gasteiger partial charge on any atom is -0.488 e. The van der Waals surface area contributed by atoms with E-state index in [4.69, 9.17) is 4.74 Å². The summed E-state index contributed by atoms with van der Waals surface area (Å²) in [7, 11) is 0. The lowest BCUT2D eigenvalue weighted by Gasteiger charge is -2.20. The molecular weight excluding hydrogens is 689 g/mol. The molecule has 0 spiro atoms. The highest BCUT2D eigenvalue weighted by Gasteiger charge is 2.20. The third-order valence-corrected chi connectivity index (χ3v) is 9.25. The standard InChI is InChI=1S/C17H12.C14H12.C13H10O.6C2H6/c1-3-7-15-12(5-1)9-10-14-11-13-6-2-4-8-16(13)17(14)15;1-3-7-13-11(5-1)9-10-12-6-2-4-8-14(12)13;1-2-6-11-10(5-1)9-14-13-8-4-3-7-12(11)13;6*1-2/h1-10H,11H2;1-8H,9-10H2;1-8H,9H2;6*1-2H3. The second kappa shape index (κ2) is 27.2. The molecule has 0 N–H and O–H groups in total. The van der Waals surface area contributed by atoms with Crippen molar-refractivity contribution in [2.75, 3.05) is 0 Å². The number of aryl methyl sites for hydroxylation is 2. The van der Waals surface area contributed by atoms with Crippen molar-refractivity contribution < 1.29 is 4.74 Å². The SMILES string of the molecule is CC.CC.CC.CC.CC.CC.c1ccc2c(c1)CCc1ccccc1-2.c1ccc2c(c1)COc1ccccc1-2.c1ccc2c(c1)Cc1ccc3ccccc3c1-2. The highest BCUT2D eigenvalue weighted by molar-refractivity contribution is 6.01. The van der Waals surface area contributed by atoms with Crippen molar-refractivity contribution in [3.63, 3.8) is 0 Å². The van der Waals surface area contributed by atoms with E-state index in [1.54, 1.807) is 0 Å². The van der Waals surface area contributed by atoms with Crippen LogP contribution in [-0.2, 0) is 25.9 Å². The molecule has 57 heavy (non-hydrogen) atoms. The summed E-state index contributed by atoms with van der Waals surface area (Å²) >= 11 is 0. The first-order valence-electron chi connectivity index (χ1n) is 21.9. The predicted molar refractivity (Wildman–Crippen MR) is 256 cm³/mol. The van der Waals surface area contributed by atoms with E-state index < -0.39 is 0 Å². The van der Waals surface area contributed by atoms with Crippen LogP contribution in [0, 0.1) is 0 Å². The molecule has 0 saturated carbocycles. The summed E-state index contributed by atoms with van der Waals surface area (Å²) in [5, 5.41) is 2.72. The van der Waals surface area contributed by atoms with Gasteiger partial charge in [-0.1, -0.05) is 235 Å². The summed E-state index contributed by atoms with van der Waals surface area (Å²) < 4.78 is 5.65. The summed E-state index contributed by atoms with van der Waals surface area (Å²) in [4.78, 5) is 0. The molecule has 0 atom stereocenters. The van der Waals surface area contributed by atoms with Gasteiger partial charge in [-0.3, -0.25) is 0 Å². The molecule has 3 aliphatic rings. The normalized spacial score (nSPS) is 10.7. The number of fused-ring (bicyclic) bond motifs is 11. The number of para-hydroxylation sites is 1. The predicted octanol–water partition coefficient (Wildman–Crippen LogP) is 17.3. The molecule has 0 amide bonds. The van der Waals surface area contributed by atoms with Crippen molar-refractivity contribution >= 4 is 10.8 Å². The lowest BCUT2D eigenvalue weighted by Crippen LogP contribution is -2.04. The van der Waals surface area contributed by atoms with E-state index in [0.29, 0.717) is 6.61 Å². The third-order valence-electron chi connectivity index (χ3n) is 9.25. The Labute approximate surface area is 347 Å². The van der Waals surface area contributed by atoms with Crippen LogP contribution in [0.4, 0.5) is 0 Å². The van der Waals surface area contributed by atoms with E-state index in [0.717, 1.165) is 12.2 Å². The summed E-state index contributed by atoms with van der Waals surface area (Å²) in [6, 6.07) is 55.9. The van der Waals surface area contributed by atoms with E-state index in [9.17, 15) is 0 Å². The molecule has 1 heteroatoms. The van der Waals surface area contributed by atoms with Crippen LogP contribution in [0.3, 0.4) is 0 Å². The largest absolute Gasteiger partial charge is 0.488 e. The van der Waals surface area contributed by atoms with Crippen molar-refractivity contribution in [1.82, 2.24) is 0 Å². The molecule has 0 aromatic heterocycles. The topological polar surface area (TPSA) is 9.23 Å². The van der Waals surface area contributed by atoms with Gasteiger partial charge >= 0.3 is 0 Å². The summed E-state index contributed by atoms with van der Waals surface area (Å²) in [5.41, 5.74) is 15.4. The highest BCUT2D eigenvalue weighted by atomic mass is 16.5. The molecule has 0 radical (unpaired) electrons. The van der Waals surface area contributed by atoms with Gasteiger partial charge in [0.2, 0.25) is 0 Å². The van der Waals surface area contributed by atoms with Gasteiger partial charge in [0.25, 0.3) is 0 Å². The second-order valence-electron chi connectivity index (χ2n) is 11.9. The highest BCUT2D eigenvalue weighted by Crippen LogP contribution is 2.41. The maximum Gasteiger partial charge on any atom is 0.127 e. The van der Waals surface area contributed by atoms with Crippen molar-refractivity contribution in [2.24, 2.45) is 0 Å². The molecule has 0 bridgehead atoms. The van der Waals surface area contributed by atoms with Crippen LogP contribution in [0.25, 0.3) is 44.2 Å². The first-order valence-corrected chi connectivity index (χ1v) is 21.9. The molecule has 7 aromatic carbocycles. The zero-order valence-electron chi connectivity index (χ0n) is 37.2. The summed E-state index contributed by atoms with van der Waals surface area (Å²) in [5.74, 6) is 0.992. The number of hydrogen-bond donors (Lipinski definition) is 0. The molecule has 10 rings (SSSR count). The van der Waals surface area contributed by atoms with Crippen LogP contribution in [0.1, 0.15) is 111 Å². The molecule has 7 aromatic rings.